The van der Waals surface area contributed by atoms with Crippen LogP contribution in [0.3, 0.4) is 0 Å². The van der Waals surface area contributed by atoms with Crippen molar-refractivity contribution < 1.29 is 28.2 Å². The molecule has 0 aliphatic carbocycles. The summed E-state index contributed by atoms with van der Waals surface area (Å²) in [7, 11) is 0. The number of benzene rings is 2. The molecule has 2 aromatic carbocycles. The van der Waals surface area contributed by atoms with Crippen LogP contribution in [0.5, 0.6) is 17.6 Å². The minimum absolute atomic E-state index is 0.0110. The lowest BCUT2D eigenvalue weighted by atomic mass is 9.96. The Morgan fingerprint density at radius 1 is 1.09 bits per heavy atom. The van der Waals surface area contributed by atoms with Crippen molar-refractivity contribution in [2.45, 2.75) is 26.2 Å². The van der Waals surface area contributed by atoms with Crippen molar-refractivity contribution in [2.75, 3.05) is 39.4 Å². The van der Waals surface area contributed by atoms with E-state index >= 15 is 0 Å². The average Bonchev–Trinajstić information content (AvgIpc) is 3.28. The Hall–Kier alpha value is -3.59. The van der Waals surface area contributed by atoms with E-state index in [1.807, 2.05) is 48.5 Å². The van der Waals surface area contributed by atoms with E-state index in [0.29, 0.717) is 31.1 Å². The van der Waals surface area contributed by atoms with Crippen LogP contribution in [0.1, 0.15) is 26.2 Å². The standard InChI is InChI=1S/C26H31N3O6/c1-2-32-24(30)11-14-27-25(31)19-12-15-29(16-13-19)17-18-33-20-7-9-21(10-8-20)34-26-28-22-5-3-4-6-23(22)35-26/h3-10,19H,2,11-18H2,1H3,(H,27,31). The zero-order valence-corrected chi connectivity index (χ0v) is 19.9. The van der Waals surface area contributed by atoms with E-state index in [2.05, 4.69) is 15.2 Å². The molecule has 1 aromatic heterocycles. The molecule has 0 radical (unpaired) electrons. The second kappa shape index (κ2) is 12.2. The average molecular weight is 482 g/mol. The zero-order chi connectivity index (χ0) is 24.5. The van der Waals surface area contributed by atoms with Crippen LogP contribution in [0.25, 0.3) is 11.1 Å². The number of nitrogens with one attached hydrogen (secondary N) is 1. The van der Waals surface area contributed by atoms with Crippen LogP contribution in [0, 0.1) is 5.92 Å². The van der Waals surface area contributed by atoms with Gasteiger partial charge in [-0.05, 0) is 69.3 Å². The Morgan fingerprint density at radius 2 is 1.83 bits per heavy atom. The summed E-state index contributed by atoms with van der Waals surface area (Å²) < 4.78 is 22.0. The van der Waals surface area contributed by atoms with Gasteiger partial charge >= 0.3 is 12.0 Å². The summed E-state index contributed by atoms with van der Waals surface area (Å²) in [5, 5.41) is 2.84. The van der Waals surface area contributed by atoms with Crippen molar-refractivity contribution in [3.05, 3.63) is 48.5 Å². The number of para-hydroxylation sites is 2. The lowest BCUT2D eigenvalue weighted by Gasteiger charge is -2.31. The minimum Gasteiger partial charge on any atom is -0.492 e. The van der Waals surface area contributed by atoms with Crippen molar-refractivity contribution in [1.29, 1.82) is 0 Å². The fraction of sp³-hybridized carbons (Fsp3) is 0.423. The van der Waals surface area contributed by atoms with Crippen LogP contribution in [0.15, 0.2) is 52.9 Å². The van der Waals surface area contributed by atoms with E-state index in [-0.39, 0.29) is 30.3 Å². The number of aromatic nitrogens is 1. The maximum Gasteiger partial charge on any atom is 0.400 e. The number of ether oxygens (including phenoxy) is 3. The first-order valence-corrected chi connectivity index (χ1v) is 12.0. The first-order valence-electron chi connectivity index (χ1n) is 12.0. The van der Waals surface area contributed by atoms with Crippen molar-refractivity contribution >= 4 is 23.0 Å². The zero-order valence-electron chi connectivity index (χ0n) is 19.9. The van der Waals surface area contributed by atoms with E-state index in [1.54, 1.807) is 6.92 Å². The van der Waals surface area contributed by atoms with Crippen molar-refractivity contribution in [3.63, 3.8) is 0 Å². The van der Waals surface area contributed by atoms with E-state index in [1.165, 1.54) is 0 Å². The van der Waals surface area contributed by atoms with Gasteiger partial charge in [-0.25, -0.2) is 0 Å². The van der Waals surface area contributed by atoms with Crippen LogP contribution < -0.4 is 14.8 Å². The van der Waals surface area contributed by atoms with Crippen LogP contribution in [0.4, 0.5) is 0 Å². The van der Waals surface area contributed by atoms with Crippen molar-refractivity contribution in [1.82, 2.24) is 15.2 Å². The summed E-state index contributed by atoms with van der Waals surface area (Å²) in [6, 6.07) is 14.8. The van der Waals surface area contributed by atoms with Crippen LogP contribution >= 0.6 is 0 Å². The predicted molar refractivity (Wildman–Crippen MR) is 129 cm³/mol. The minimum atomic E-state index is -0.284. The normalized spacial score (nSPS) is 14.5. The molecule has 1 N–H and O–H groups in total. The Balaban J connectivity index is 1.12. The van der Waals surface area contributed by atoms with Gasteiger partial charge in [-0.3, -0.25) is 14.5 Å². The number of likely N-dealkylation sites (tertiary alicyclic amines) is 1. The smallest absolute Gasteiger partial charge is 0.400 e. The highest BCUT2D eigenvalue weighted by atomic mass is 16.6. The molecular formula is C26H31N3O6. The fourth-order valence-corrected chi connectivity index (χ4v) is 3.98. The molecule has 0 bridgehead atoms. The SMILES string of the molecule is CCOC(=O)CCNC(=O)C1CCN(CCOc2ccc(Oc3nc4ccccc4o3)cc2)CC1. The lowest BCUT2D eigenvalue weighted by Crippen LogP contribution is -2.42. The van der Waals surface area contributed by atoms with Crippen molar-refractivity contribution in [3.8, 4) is 17.6 Å². The highest BCUT2D eigenvalue weighted by Crippen LogP contribution is 2.26. The van der Waals surface area contributed by atoms with Gasteiger partial charge in [0, 0.05) is 19.0 Å². The molecule has 0 unspecified atom stereocenters. The number of hydrogen-bond acceptors (Lipinski definition) is 8. The lowest BCUT2D eigenvalue weighted by molar-refractivity contribution is -0.143. The van der Waals surface area contributed by atoms with Gasteiger partial charge in [-0.1, -0.05) is 12.1 Å². The van der Waals surface area contributed by atoms with Crippen LogP contribution in [-0.2, 0) is 14.3 Å². The molecular weight excluding hydrogens is 450 g/mol. The molecule has 0 saturated carbocycles. The topological polar surface area (TPSA) is 103 Å². The van der Waals surface area contributed by atoms with Crippen LogP contribution in [0.2, 0.25) is 0 Å². The van der Waals surface area contributed by atoms with Crippen molar-refractivity contribution in [2.24, 2.45) is 5.92 Å². The number of fused-ring (bicyclic) bond motifs is 1. The molecule has 2 heterocycles. The largest absolute Gasteiger partial charge is 0.492 e. The first-order chi connectivity index (χ1) is 17.1. The summed E-state index contributed by atoms with van der Waals surface area (Å²) in [6.45, 7) is 5.48. The molecule has 1 saturated heterocycles. The molecule has 9 heteroatoms. The summed E-state index contributed by atoms with van der Waals surface area (Å²) in [6.07, 6.45) is 2.01. The Morgan fingerprint density at radius 3 is 2.57 bits per heavy atom. The van der Waals surface area contributed by atoms with E-state index in [0.717, 1.165) is 43.7 Å². The third kappa shape index (κ3) is 7.19. The number of amides is 1. The molecule has 3 aromatic rings. The molecule has 1 fully saturated rings. The number of nitrogens with zero attached hydrogens (tertiary/aromatic N) is 2. The van der Waals surface area contributed by atoms with Gasteiger partial charge in [0.1, 0.15) is 23.6 Å². The first kappa shape index (κ1) is 24.5. The van der Waals surface area contributed by atoms with Gasteiger partial charge in [0.15, 0.2) is 5.58 Å². The summed E-state index contributed by atoms with van der Waals surface area (Å²) in [5.74, 6) is 1.10. The third-order valence-corrected chi connectivity index (χ3v) is 5.87. The molecule has 0 atom stereocenters. The maximum atomic E-state index is 12.3. The number of rotatable bonds is 11. The second-order valence-corrected chi connectivity index (χ2v) is 8.33. The Labute approximate surface area is 204 Å². The molecule has 1 amide bonds. The summed E-state index contributed by atoms with van der Waals surface area (Å²) in [5.41, 5.74) is 1.43. The predicted octanol–water partition coefficient (Wildman–Crippen LogP) is 3.78. The highest BCUT2D eigenvalue weighted by Gasteiger charge is 2.24. The van der Waals surface area contributed by atoms with Crippen LogP contribution in [-0.4, -0.2) is 61.2 Å². The Bertz CT molecular complexity index is 1070. The molecule has 1 aliphatic rings. The number of carbonyl (C=O) groups is 2. The van der Waals surface area contributed by atoms with Gasteiger partial charge in [-0.2, -0.15) is 4.98 Å². The third-order valence-electron chi connectivity index (χ3n) is 5.87. The highest BCUT2D eigenvalue weighted by molar-refractivity contribution is 5.79. The second-order valence-electron chi connectivity index (χ2n) is 8.33. The number of piperidine rings is 1. The fourth-order valence-electron chi connectivity index (χ4n) is 3.98. The number of hydrogen-bond donors (Lipinski definition) is 1. The van der Waals surface area contributed by atoms with Gasteiger partial charge in [0.2, 0.25) is 5.91 Å². The van der Waals surface area contributed by atoms with Gasteiger partial charge in [0.25, 0.3) is 0 Å². The Kier molecular flexibility index (Phi) is 8.56. The molecule has 35 heavy (non-hydrogen) atoms. The van der Waals surface area contributed by atoms with E-state index in [4.69, 9.17) is 18.6 Å². The summed E-state index contributed by atoms with van der Waals surface area (Å²) in [4.78, 5) is 30.3. The van der Waals surface area contributed by atoms with E-state index in [9.17, 15) is 9.59 Å². The summed E-state index contributed by atoms with van der Waals surface area (Å²) >= 11 is 0. The number of oxazole rings is 1. The maximum absolute atomic E-state index is 12.3. The number of esters is 1. The molecule has 9 nitrogen and oxygen atoms in total. The molecule has 1 aliphatic heterocycles. The molecule has 4 rings (SSSR count). The van der Waals surface area contributed by atoms with Gasteiger partial charge in [-0.15, -0.1) is 0 Å². The monoisotopic (exact) mass is 481 g/mol. The molecule has 186 valence electrons. The quantitative estimate of drug-likeness (QED) is 0.413. The van der Waals surface area contributed by atoms with E-state index < -0.39 is 0 Å². The van der Waals surface area contributed by atoms with Gasteiger partial charge < -0.3 is 23.9 Å². The van der Waals surface area contributed by atoms with Gasteiger partial charge in [0.05, 0.1) is 13.0 Å². The molecule has 0 spiro atoms. The number of carbonyl (C=O) groups excluding carboxylic acids is 2.